The predicted octanol–water partition coefficient (Wildman–Crippen LogP) is 4.36. The molecule has 1 aromatic carbocycles. The summed E-state index contributed by atoms with van der Waals surface area (Å²) >= 11 is 0. The summed E-state index contributed by atoms with van der Waals surface area (Å²) in [6.07, 6.45) is 0.830. The van der Waals surface area contributed by atoms with Crippen LogP contribution in [0, 0.1) is 5.82 Å². The van der Waals surface area contributed by atoms with E-state index in [4.69, 9.17) is 0 Å². The minimum atomic E-state index is -0.311. The quantitative estimate of drug-likeness (QED) is 0.744. The second-order valence-electron chi connectivity index (χ2n) is 7.87. The third-order valence-corrected chi connectivity index (χ3v) is 4.56. The normalized spacial score (nSPS) is 13.0. The molecule has 3 rings (SSSR count). The second-order valence-corrected chi connectivity index (χ2v) is 7.87. The number of fused-ring (bicyclic) bond motifs is 1. The Morgan fingerprint density at radius 2 is 1.89 bits per heavy atom. The highest BCUT2D eigenvalue weighted by molar-refractivity contribution is 5.94. The van der Waals surface area contributed by atoms with Crippen molar-refractivity contribution in [2.75, 3.05) is 0 Å². The molecule has 2 aromatic heterocycles. The summed E-state index contributed by atoms with van der Waals surface area (Å²) in [6, 6.07) is 9.74. The van der Waals surface area contributed by atoms with E-state index in [1.165, 1.54) is 12.1 Å². The number of carbonyl (C=O) groups excluding carboxylic acids is 1. The summed E-state index contributed by atoms with van der Waals surface area (Å²) < 4.78 is 14.9. The minimum Gasteiger partial charge on any atom is -0.348 e. The van der Waals surface area contributed by atoms with Crippen molar-refractivity contribution in [1.82, 2.24) is 19.9 Å². The largest absolute Gasteiger partial charge is 0.348 e. The van der Waals surface area contributed by atoms with Gasteiger partial charge in [-0.3, -0.25) is 4.79 Å². The Morgan fingerprint density at radius 1 is 1.22 bits per heavy atom. The molecule has 0 spiro atoms. The molecule has 0 saturated heterocycles. The van der Waals surface area contributed by atoms with Crippen molar-refractivity contribution in [2.24, 2.45) is 0 Å². The van der Waals surface area contributed by atoms with Crippen LogP contribution in [0.1, 0.15) is 57.2 Å². The lowest BCUT2D eigenvalue weighted by molar-refractivity contribution is 0.0931. The molecule has 142 valence electrons. The number of hydrogen-bond acceptors (Lipinski definition) is 3. The lowest BCUT2D eigenvalue weighted by atomic mass is 9.93. The molecule has 0 saturated carbocycles. The van der Waals surface area contributed by atoms with E-state index < -0.39 is 0 Å². The molecule has 0 aliphatic heterocycles. The van der Waals surface area contributed by atoms with Gasteiger partial charge in [-0.25, -0.2) is 13.9 Å². The summed E-state index contributed by atoms with van der Waals surface area (Å²) in [6.45, 7) is 10.2. The monoisotopic (exact) mass is 368 g/mol. The maximum absolute atomic E-state index is 13.3. The first-order valence-electron chi connectivity index (χ1n) is 9.17. The summed E-state index contributed by atoms with van der Waals surface area (Å²) in [4.78, 5) is 17.5. The maximum atomic E-state index is 13.3. The Hall–Kier alpha value is -2.76. The molecule has 0 radical (unpaired) electrons. The number of benzene rings is 1. The highest BCUT2D eigenvalue weighted by Gasteiger charge is 2.22. The number of carbonyl (C=O) groups is 1. The van der Waals surface area contributed by atoms with Crippen molar-refractivity contribution in [2.45, 2.75) is 52.5 Å². The van der Waals surface area contributed by atoms with Crippen LogP contribution in [0.5, 0.6) is 0 Å². The zero-order chi connectivity index (χ0) is 19.8. The first kappa shape index (κ1) is 19.0. The van der Waals surface area contributed by atoms with E-state index in [0.29, 0.717) is 17.0 Å². The fourth-order valence-electron chi connectivity index (χ4n) is 2.67. The van der Waals surface area contributed by atoms with Gasteiger partial charge in [0.05, 0.1) is 11.4 Å². The van der Waals surface area contributed by atoms with Gasteiger partial charge in [0, 0.05) is 23.1 Å². The zero-order valence-electron chi connectivity index (χ0n) is 16.4. The molecule has 3 aromatic rings. The van der Waals surface area contributed by atoms with Gasteiger partial charge in [0.15, 0.2) is 5.65 Å². The van der Waals surface area contributed by atoms with Crippen molar-refractivity contribution in [3.63, 3.8) is 0 Å². The Bertz CT molecular complexity index is 970. The molecule has 5 nitrogen and oxygen atoms in total. The van der Waals surface area contributed by atoms with Gasteiger partial charge in [-0.05, 0) is 43.7 Å². The maximum Gasteiger partial charge on any atom is 0.270 e. The summed E-state index contributed by atoms with van der Waals surface area (Å²) in [7, 11) is 0. The Labute approximate surface area is 158 Å². The SMILES string of the molecule is CC[C@@H](C)NC(=O)c1cc(-c2ccc(F)cc2)nc2cc(C(C)(C)C)nn12. The summed E-state index contributed by atoms with van der Waals surface area (Å²) in [5, 5.41) is 7.61. The van der Waals surface area contributed by atoms with E-state index in [1.807, 2.05) is 19.9 Å². The average molecular weight is 368 g/mol. The molecule has 0 fully saturated rings. The van der Waals surface area contributed by atoms with Crippen LogP contribution in [0.15, 0.2) is 36.4 Å². The van der Waals surface area contributed by atoms with E-state index in [1.54, 1.807) is 22.7 Å². The fraction of sp³-hybridized carbons (Fsp3) is 0.381. The third-order valence-electron chi connectivity index (χ3n) is 4.56. The van der Waals surface area contributed by atoms with Crippen LogP contribution in [0.25, 0.3) is 16.9 Å². The smallest absolute Gasteiger partial charge is 0.270 e. The molecule has 0 aliphatic rings. The van der Waals surface area contributed by atoms with Gasteiger partial charge >= 0.3 is 0 Å². The van der Waals surface area contributed by atoms with E-state index in [-0.39, 0.29) is 23.2 Å². The molecule has 1 N–H and O–H groups in total. The standard InChI is InChI=1S/C21H25FN4O/c1-6-13(2)23-20(27)17-11-16(14-7-9-15(22)10-8-14)24-19-12-18(21(3,4)5)25-26(17)19/h7-13H,6H2,1-5H3,(H,23,27)/t13-/m1/s1. The Morgan fingerprint density at radius 3 is 2.48 bits per heavy atom. The van der Waals surface area contributed by atoms with Crippen LogP contribution in [-0.2, 0) is 5.41 Å². The lowest BCUT2D eigenvalue weighted by Crippen LogP contribution is -2.33. The van der Waals surface area contributed by atoms with Crippen LogP contribution in [-0.4, -0.2) is 26.5 Å². The highest BCUT2D eigenvalue weighted by Crippen LogP contribution is 2.25. The third kappa shape index (κ3) is 3.99. The van der Waals surface area contributed by atoms with Gasteiger partial charge < -0.3 is 5.32 Å². The van der Waals surface area contributed by atoms with Gasteiger partial charge in [-0.2, -0.15) is 5.10 Å². The fourth-order valence-corrected chi connectivity index (χ4v) is 2.67. The molecule has 27 heavy (non-hydrogen) atoms. The first-order chi connectivity index (χ1) is 12.7. The molecule has 0 bridgehead atoms. The number of nitrogens with zero attached hydrogens (tertiary/aromatic N) is 3. The number of halogens is 1. The molecule has 6 heteroatoms. The Balaban J connectivity index is 2.18. The number of hydrogen-bond donors (Lipinski definition) is 1. The van der Waals surface area contributed by atoms with E-state index in [9.17, 15) is 9.18 Å². The van der Waals surface area contributed by atoms with Crippen LogP contribution < -0.4 is 5.32 Å². The zero-order valence-corrected chi connectivity index (χ0v) is 16.4. The highest BCUT2D eigenvalue weighted by atomic mass is 19.1. The topological polar surface area (TPSA) is 59.3 Å². The van der Waals surface area contributed by atoms with Crippen LogP contribution >= 0.6 is 0 Å². The van der Waals surface area contributed by atoms with Crippen molar-refractivity contribution < 1.29 is 9.18 Å². The van der Waals surface area contributed by atoms with E-state index in [0.717, 1.165) is 17.7 Å². The van der Waals surface area contributed by atoms with Crippen molar-refractivity contribution in [3.05, 3.63) is 53.6 Å². The Kier molecular flexibility index (Phi) is 5.00. The minimum absolute atomic E-state index is 0.0487. The van der Waals surface area contributed by atoms with E-state index >= 15 is 0 Å². The van der Waals surface area contributed by atoms with Gasteiger partial charge in [-0.1, -0.05) is 27.7 Å². The molecule has 2 heterocycles. The molecular weight excluding hydrogens is 343 g/mol. The van der Waals surface area contributed by atoms with E-state index in [2.05, 4.69) is 36.2 Å². The molecular formula is C21H25FN4O. The van der Waals surface area contributed by atoms with Gasteiger partial charge in [0.1, 0.15) is 11.5 Å². The van der Waals surface area contributed by atoms with Crippen LogP contribution in [0.4, 0.5) is 4.39 Å². The van der Waals surface area contributed by atoms with Gasteiger partial charge in [-0.15, -0.1) is 0 Å². The number of rotatable bonds is 4. The van der Waals surface area contributed by atoms with Crippen LogP contribution in [0.2, 0.25) is 0 Å². The molecule has 0 unspecified atom stereocenters. The van der Waals surface area contributed by atoms with Crippen molar-refractivity contribution in [1.29, 1.82) is 0 Å². The summed E-state index contributed by atoms with van der Waals surface area (Å²) in [5.41, 5.74) is 3.04. The first-order valence-corrected chi connectivity index (χ1v) is 9.17. The second kappa shape index (κ2) is 7.10. The number of nitrogens with one attached hydrogen (secondary N) is 1. The average Bonchev–Trinajstić information content (AvgIpc) is 3.05. The number of aromatic nitrogens is 3. The van der Waals surface area contributed by atoms with Crippen molar-refractivity contribution >= 4 is 11.6 Å². The molecule has 1 atom stereocenters. The van der Waals surface area contributed by atoms with Crippen molar-refractivity contribution in [3.8, 4) is 11.3 Å². The number of amides is 1. The summed E-state index contributed by atoms with van der Waals surface area (Å²) in [5.74, 6) is -0.516. The lowest BCUT2D eigenvalue weighted by Gasteiger charge is -2.14. The predicted molar refractivity (Wildman–Crippen MR) is 104 cm³/mol. The van der Waals surface area contributed by atoms with Gasteiger partial charge in [0.25, 0.3) is 5.91 Å². The van der Waals surface area contributed by atoms with Gasteiger partial charge in [0.2, 0.25) is 0 Å². The molecule has 1 amide bonds. The van der Waals surface area contributed by atoms with Crippen LogP contribution in [0.3, 0.4) is 0 Å². The molecule has 0 aliphatic carbocycles.